The number of carbonyl (C=O) groups excluding carboxylic acids is 1. The lowest BCUT2D eigenvalue weighted by atomic mass is 10.1. The Hall–Kier alpha value is -1.43. The van der Waals surface area contributed by atoms with Gasteiger partial charge in [-0.2, -0.15) is 0 Å². The van der Waals surface area contributed by atoms with Crippen LogP contribution in [0.2, 0.25) is 0 Å². The van der Waals surface area contributed by atoms with E-state index in [-0.39, 0.29) is 18.1 Å². The Bertz CT molecular complexity index is 522. The van der Waals surface area contributed by atoms with E-state index in [0.29, 0.717) is 13.2 Å². The lowest BCUT2D eigenvalue weighted by Crippen LogP contribution is -2.58. The minimum Gasteiger partial charge on any atom is -0.366 e. The van der Waals surface area contributed by atoms with Gasteiger partial charge in [-0.15, -0.1) is 0 Å². The molecule has 1 unspecified atom stereocenters. The number of hydrogen-bond acceptors (Lipinski definition) is 4. The lowest BCUT2D eigenvalue weighted by Gasteiger charge is -2.42. The number of carbonyl (C=O) groups is 1. The topological polar surface area (TPSA) is 36.0 Å². The highest BCUT2D eigenvalue weighted by molar-refractivity contribution is 5.81. The molecule has 0 radical (unpaired) electrons. The zero-order chi connectivity index (χ0) is 16.2. The largest absolute Gasteiger partial charge is 0.366 e. The number of benzene rings is 1. The van der Waals surface area contributed by atoms with Gasteiger partial charge in [-0.3, -0.25) is 9.69 Å². The van der Waals surface area contributed by atoms with Crippen LogP contribution in [0.3, 0.4) is 0 Å². The van der Waals surface area contributed by atoms with Crippen molar-refractivity contribution in [1.29, 1.82) is 0 Å². The van der Waals surface area contributed by atoms with Crippen LogP contribution < -0.4 is 0 Å². The Kier molecular flexibility index (Phi) is 5.30. The van der Waals surface area contributed by atoms with Crippen LogP contribution >= 0.6 is 0 Å². The first-order valence-electron chi connectivity index (χ1n) is 8.50. The first-order valence-corrected chi connectivity index (χ1v) is 8.50. The molecule has 5 heteroatoms. The summed E-state index contributed by atoms with van der Waals surface area (Å²) in [6.07, 6.45) is -0.295. The Morgan fingerprint density at radius 3 is 2.65 bits per heavy atom. The average Bonchev–Trinajstić information content (AvgIpc) is 2.55. The second-order valence-corrected chi connectivity index (χ2v) is 6.72. The highest BCUT2D eigenvalue weighted by Gasteiger charge is 2.34. The summed E-state index contributed by atoms with van der Waals surface area (Å²) in [6.45, 7) is 7.99. The maximum Gasteiger partial charge on any atom is 0.253 e. The van der Waals surface area contributed by atoms with Gasteiger partial charge in [0.1, 0.15) is 6.10 Å². The SMILES string of the molecule is C[C@@H]1CN(Cc2ccccc2)CCN1C(=O)C1CN(C)CCO1. The third-order valence-corrected chi connectivity index (χ3v) is 4.79. The molecule has 126 valence electrons. The summed E-state index contributed by atoms with van der Waals surface area (Å²) in [5.41, 5.74) is 1.33. The van der Waals surface area contributed by atoms with Crippen molar-refractivity contribution in [3.05, 3.63) is 35.9 Å². The molecule has 1 amide bonds. The first-order chi connectivity index (χ1) is 11.1. The second-order valence-electron chi connectivity index (χ2n) is 6.72. The summed E-state index contributed by atoms with van der Waals surface area (Å²) in [6, 6.07) is 10.8. The minimum absolute atomic E-state index is 0.156. The van der Waals surface area contributed by atoms with Crippen LogP contribution in [0.25, 0.3) is 0 Å². The van der Waals surface area contributed by atoms with Gasteiger partial charge < -0.3 is 14.5 Å². The molecular weight excluding hydrogens is 290 g/mol. The van der Waals surface area contributed by atoms with E-state index in [9.17, 15) is 4.79 Å². The summed E-state index contributed by atoms with van der Waals surface area (Å²) in [4.78, 5) is 19.3. The predicted molar refractivity (Wildman–Crippen MR) is 90.1 cm³/mol. The van der Waals surface area contributed by atoms with Gasteiger partial charge in [-0.25, -0.2) is 0 Å². The number of morpholine rings is 1. The summed E-state index contributed by atoms with van der Waals surface area (Å²) in [7, 11) is 2.05. The van der Waals surface area contributed by atoms with E-state index in [2.05, 4.69) is 41.0 Å². The minimum atomic E-state index is -0.295. The van der Waals surface area contributed by atoms with Crippen molar-refractivity contribution in [2.45, 2.75) is 25.6 Å². The zero-order valence-electron chi connectivity index (χ0n) is 14.1. The fourth-order valence-electron chi connectivity index (χ4n) is 3.46. The fourth-order valence-corrected chi connectivity index (χ4v) is 3.46. The van der Waals surface area contributed by atoms with E-state index in [1.807, 2.05) is 18.0 Å². The maximum atomic E-state index is 12.7. The summed E-state index contributed by atoms with van der Waals surface area (Å²) in [5.74, 6) is 0.156. The van der Waals surface area contributed by atoms with Crippen molar-refractivity contribution in [1.82, 2.24) is 14.7 Å². The lowest BCUT2D eigenvalue weighted by molar-refractivity contribution is -0.153. The number of ether oxygens (including phenoxy) is 1. The van der Waals surface area contributed by atoms with E-state index >= 15 is 0 Å². The molecule has 0 saturated carbocycles. The van der Waals surface area contributed by atoms with E-state index < -0.39 is 0 Å². The van der Waals surface area contributed by atoms with Crippen molar-refractivity contribution >= 4 is 5.91 Å². The molecule has 2 saturated heterocycles. The van der Waals surface area contributed by atoms with Gasteiger partial charge in [0, 0.05) is 45.3 Å². The Morgan fingerprint density at radius 2 is 1.96 bits per heavy atom. The van der Waals surface area contributed by atoms with Crippen molar-refractivity contribution in [2.24, 2.45) is 0 Å². The molecule has 1 aromatic rings. The van der Waals surface area contributed by atoms with Crippen LogP contribution in [0.15, 0.2) is 30.3 Å². The molecule has 0 N–H and O–H groups in total. The highest BCUT2D eigenvalue weighted by Crippen LogP contribution is 2.16. The first kappa shape index (κ1) is 16.4. The summed E-state index contributed by atoms with van der Waals surface area (Å²) in [5, 5.41) is 0. The van der Waals surface area contributed by atoms with Crippen molar-refractivity contribution < 1.29 is 9.53 Å². The van der Waals surface area contributed by atoms with Crippen LogP contribution in [-0.4, -0.2) is 79.1 Å². The van der Waals surface area contributed by atoms with Crippen molar-refractivity contribution in [3.63, 3.8) is 0 Å². The molecule has 2 aliphatic heterocycles. The molecule has 1 aromatic carbocycles. The van der Waals surface area contributed by atoms with Gasteiger partial charge in [0.05, 0.1) is 6.61 Å². The van der Waals surface area contributed by atoms with Gasteiger partial charge in [-0.1, -0.05) is 30.3 Å². The standard InChI is InChI=1S/C18H27N3O2/c1-15-12-20(13-16-6-4-3-5-7-16)8-9-21(15)18(22)17-14-19(2)10-11-23-17/h3-7,15,17H,8-14H2,1-2H3/t15-,17?/m1/s1. The molecule has 2 atom stereocenters. The van der Waals surface area contributed by atoms with Gasteiger partial charge >= 0.3 is 0 Å². The molecule has 5 nitrogen and oxygen atoms in total. The van der Waals surface area contributed by atoms with Gasteiger partial charge in [0.15, 0.2) is 0 Å². The van der Waals surface area contributed by atoms with Crippen LogP contribution in [0, 0.1) is 0 Å². The summed E-state index contributed by atoms with van der Waals surface area (Å²) >= 11 is 0. The number of piperazine rings is 1. The number of likely N-dealkylation sites (N-methyl/N-ethyl adjacent to an activating group) is 1. The Balaban J connectivity index is 1.55. The number of hydrogen-bond donors (Lipinski definition) is 0. The Morgan fingerprint density at radius 1 is 1.17 bits per heavy atom. The van der Waals surface area contributed by atoms with Crippen LogP contribution in [0.4, 0.5) is 0 Å². The van der Waals surface area contributed by atoms with Crippen LogP contribution in [-0.2, 0) is 16.1 Å². The van der Waals surface area contributed by atoms with Gasteiger partial charge in [0.25, 0.3) is 5.91 Å². The molecule has 2 heterocycles. The molecule has 0 aliphatic carbocycles. The van der Waals surface area contributed by atoms with Crippen molar-refractivity contribution in [2.75, 3.05) is 46.4 Å². The average molecular weight is 317 g/mol. The quantitative estimate of drug-likeness (QED) is 0.835. The molecule has 3 rings (SSSR count). The molecule has 0 bridgehead atoms. The normalized spacial score (nSPS) is 27.1. The monoisotopic (exact) mass is 317 g/mol. The van der Waals surface area contributed by atoms with E-state index in [4.69, 9.17) is 4.74 Å². The molecule has 0 spiro atoms. The third-order valence-electron chi connectivity index (χ3n) is 4.79. The summed E-state index contributed by atoms with van der Waals surface area (Å²) < 4.78 is 5.69. The second kappa shape index (κ2) is 7.43. The highest BCUT2D eigenvalue weighted by atomic mass is 16.5. The molecule has 23 heavy (non-hydrogen) atoms. The number of nitrogens with zero attached hydrogens (tertiary/aromatic N) is 3. The predicted octanol–water partition coefficient (Wildman–Crippen LogP) is 1.05. The van der Waals surface area contributed by atoms with Gasteiger partial charge in [0.2, 0.25) is 0 Å². The van der Waals surface area contributed by atoms with E-state index in [1.165, 1.54) is 5.56 Å². The Labute approximate surface area is 138 Å². The number of amides is 1. The molecular formula is C18H27N3O2. The molecule has 2 fully saturated rings. The van der Waals surface area contributed by atoms with Crippen LogP contribution in [0.5, 0.6) is 0 Å². The maximum absolute atomic E-state index is 12.7. The van der Waals surface area contributed by atoms with E-state index in [0.717, 1.165) is 32.7 Å². The molecule has 0 aromatic heterocycles. The third kappa shape index (κ3) is 4.10. The number of rotatable bonds is 3. The van der Waals surface area contributed by atoms with E-state index in [1.54, 1.807) is 0 Å². The fraction of sp³-hybridized carbons (Fsp3) is 0.611. The zero-order valence-corrected chi connectivity index (χ0v) is 14.1. The smallest absolute Gasteiger partial charge is 0.253 e. The molecule has 2 aliphatic rings. The van der Waals surface area contributed by atoms with Gasteiger partial charge in [-0.05, 0) is 19.5 Å². The van der Waals surface area contributed by atoms with Crippen molar-refractivity contribution in [3.8, 4) is 0 Å². The van der Waals surface area contributed by atoms with Crippen LogP contribution in [0.1, 0.15) is 12.5 Å².